The largest absolute Gasteiger partial charge is 0.456 e. The van der Waals surface area contributed by atoms with E-state index in [-0.39, 0.29) is 0 Å². The van der Waals surface area contributed by atoms with Crippen molar-refractivity contribution >= 4 is 70.5 Å². The summed E-state index contributed by atoms with van der Waals surface area (Å²) in [5.74, 6) is 0. The Balaban J connectivity index is 1.24. The molecule has 0 saturated heterocycles. The van der Waals surface area contributed by atoms with Crippen LogP contribution in [0.15, 0.2) is 168 Å². The highest BCUT2D eigenvalue weighted by Crippen LogP contribution is 2.48. The molecule has 0 spiro atoms. The molecule has 9 aromatic rings. The van der Waals surface area contributed by atoms with Gasteiger partial charge in [0.15, 0.2) is 0 Å². The maximum absolute atomic E-state index is 6.19. The lowest BCUT2D eigenvalue weighted by atomic mass is 9.97. The smallest absolute Gasteiger partial charge is 0.136 e. The number of hydrogen-bond donors (Lipinski definition) is 0. The first-order valence-corrected chi connectivity index (χ1v) is 16.0. The fourth-order valence-electron chi connectivity index (χ4n) is 6.66. The van der Waals surface area contributed by atoms with Crippen molar-refractivity contribution < 1.29 is 4.42 Å². The molecule has 0 unspecified atom stereocenters. The molecule has 9 rings (SSSR count). The molecule has 0 atom stereocenters. The van der Waals surface area contributed by atoms with E-state index in [2.05, 4.69) is 157 Å². The van der Waals surface area contributed by atoms with Crippen LogP contribution in [-0.2, 0) is 0 Å². The van der Waals surface area contributed by atoms with E-state index in [9.17, 15) is 0 Å². The van der Waals surface area contributed by atoms with Gasteiger partial charge < -0.3 is 9.32 Å². The molecule has 0 aliphatic rings. The number of nitrogens with zero attached hydrogens (tertiary/aromatic N) is 1. The Morgan fingerprint density at radius 2 is 1.04 bits per heavy atom. The quantitative estimate of drug-likeness (QED) is 0.197. The first-order chi connectivity index (χ1) is 22.3. The molecule has 0 amide bonds. The number of benzene rings is 7. The van der Waals surface area contributed by atoms with E-state index in [4.69, 9.17) is 4.42 Å². The van der Waals surface area contributed by atoms with Gasteiger partial charge in [-0.2, -0.15) is 0 Å². The Kier molecular flexibility index (Phi) is 6.03. The van der Waals surface area contributed by atoms with Crippen LogP contribution in [0.25, 0.3) is 64.4 Å². The number of fused-ring (bicyclic) bond motifs is 6. The maximum Gasteiger partial charge on any atom is 0.136 e. The van der Waals surface area contributed by atoms with Gasteiger partial charge in [0.2, 0.25) is 0 Å². The lowest BCUT2D eigenvalue weighted by molar-refractivity contribution is 0.669. The highest BCUT2D eigenvalue weighted by atomic mass is 32.1. The number of rotatable bonds is 5. The summed E-state index contributed by atoms with van der Waals surface area (Å²) in [4.78, 5) is 2.39. The van der Waals surface area contributed by atoms with Crippen LogP contribution in [0.2, 0.25) is 0 Å². The third-order valence-electron chi connectivity index (χ3n) is 8.68. The van der Waals surface area contributed by atoms with E-state index in [0.29, 0.717) is 0 Å². The predicted octanol–water partition coefficient (Wildman–Crippen LogP) is 12.8. The van der Waals surface area contributed by atoms with Gasteiger partial charge in [-0.15, -0.1) is 11.3 Å². The van der Waals surface area contributed by atoms with E-state index < -0.39 is 0 Å². The van der Waals surface area contributed by atoms with Crippen LogP contribution in [0.4, 0.5) is 17.1 Å². The zero-order chi connectivity index (χ0) is 29.7. The lowest BCUT2D eigenvalue weighted by Gasteiger charge is -2.27. The average molecular weight is 594 g/mol. The number of thiophene rings is 1. The minimum absolute atomic E-state index is 0.911. The summed E-state index contributed by atoms with van der Waals surface area (Å²) in [6.07, 6.45) is 0. The summed E-state index contributed by atoms with van der Waals surface area (Å²) in [5.41, 5.74) is 10.1. The molecule has 0 aliphatic heterocycles. The highest BCUT2D eigenvalue weighted by Gasteiger charge is 2.21. The van der Waals surface area contributed by atoms with Crippen LogP contribution in [0.3, 0.4) is 0 Å². The zero-order valence-corrected chi connectivity index (χ0v) is 25.2. The molecule has 0 radical (unpaired) electrons. The normalized spacial score (nSPS) is 11.6. The van der Waals surface area contributed by atoms with Crippen molar-refractivity contribution in [2.75, 3.05) is 4.90 Å². The van der Waals surface area contributed by atoms with Crippen molar-refractivity contribution in [2.24, 2.45) is 0 Å². The van der Waals surface area contributed by atoms with E-state index in [0.717, 1.165) is 38.9 Å². The standard InChI is InChI=1S/C42H27NOS/c1-3-12-28(13-4-1)33-26-27-36(42-41(33)35-17-8-10-21-39(35)45-42)43(30-14-5-2-6-15-30)31-24-22-29(23-25-31)32-18-11-20-38-40(32)34-16-7-9-19-37(34)44-38/h1-27H. The molecular weight excluding hydrogens is 567 g/mol. The Morgan fingerprint density at radius 1 is 0.422 bits per heavy atom. The second-order valence-corrected chi connectivity index (χ2v) is 12.3. The average Bonchev–Trinajstić information content (AvgIpc) is 3.69. The summed E-state index contributed by atoms with van der Waals surface area (Å²) in [5, 5.41) is 4.89. The minimum atomic E-state index is 0.911. The van der Waals surface area contributed by atoms with E-state index >= 15 is 0 Å². The second kappa shape index (κ2) is 10.5. The van der Waals surface area contributed by atoms with Crippen LogP contribution in [0.5, 0.6) is 0 Å². The van der Waals surface area contributed by atoms with Gasteiger partial charge in [0, 0.05) is 37.6 Å². The van der Waals surface area contributed by atoms with Crippen LogP contribution >= 0.6 is 11.3 Å². The number of para-hydroxylation sites is 2. The summed E-state index contributed by atoms with van der Waals surface area (Å²) >= 11 is 1.87. The summed E-state index contributed by atoms with van der Waals surface area (Å²) in [7, 11) is 0. The van der Waals surface area contributed by atoms with Crippen molar-refractivity contribution in [1.29, 1.82) is 0 Å². The van der Waals surface area contributed by atoms with Gasteiger partial charge in [-0.1, -0.05) is 115 Å². The molecule has 45 heavy (non-hydrogen) atoms. The van der Waals surface area contributed by atoms with Crippen molar-refractivity contribution in [3.8, 4) is 22.3 Å². The van der Waals surface area contributed by atoms with Gasteiger partial charge in [-0.05, 0) is 70.8 Å². The molecule has 0 bridgehead atoms. The molecular formula is C42H27NOS. The van der Waals surface area contributed by atoms with Crippen LogP contribution in [0, 0.1) is 0 Å². The molecule has 2 heterocycles. The molecule has 0 N–H and O–H groups in total. The predicted molar refractivity (Wildman–Crippen MR) is 192 cm³/mol. The van der Waals surface area contributed by atoms with Gasteiger partial charge in [0.1, 0.15) is 11.2 Å². The van der Waals surface area contributed by atoms with E-state index in [1.54, 1.807) is 0 Å². The SMILES string of the molecule is c1ccc(-c2ccc(N(c3ccccc3)c3ccc(-c4cccc5oc6ccccc6c45)cc3)c3sc4ccccc4c23)cc1. The molecule has 212 valence electrons. The van der Waals surface area contributed by atoms with Crippen molar-refractivity contribution in [2.45, 2.75) is 0 Å². The zero-order valence-electron chi connectivity index (χ0n) is 24.4. The Morgan fingerprint density at radius 3 is 1.87 bits per heavy atom. The summed E-state index contributed by atoms with van der Waals surface area (Å²) in [6, 6.07) is 58.4. The van der Waals surface area contributed by atoms with Crippen LogP contribution in [-0.4, -0.2) is 0 Å². The first-order valence-electron chi connectivity index (χ1n) is 15.2. The molecule has 2 nitrogen and oxygen atoms in total. The monoisotopic (exact) mass is 593 g/mol. The van der Waals surface area contributed by atoms with Crippen molar-refractivity contribution in [3.63, 3.8) is 0 Å². The topological polar surface area (TPSA) is 16.4 Å². The number of furan rings is 1. The second-order valence-electron chi connectivity index (χ2n) is 11.3. The molecule has 0 saturated carbocycles. The van der Waals surface area contributed by atoms with Crippen LogP contribution in [0.1, 0.15) is 0 Å². The van der Waals surface area contributed by atoms with E-state index in [1.807, 2.05) is 23.5 Å². The fraction of sp³-hybridized carbons (Fsp3) is 0. The third kappa shape index (κ3) is 4.24. The summed E-state index contributed by atoms with van der Waals surface area (Å²) in [6.45, 7) is 0. The van der Waals surface area contributed by atoms with Gasteiger partial charge in [-0.25, -0.2) is 0 Å². The lowest BCUT2D eigenvalue weighted by Crippen LogP contribution is -2.10. The fourth-order valence-corrected chi connectivity index (χ4v) is 7.89. The molecule has 0 aliphatic carbocycles. The third-order valence-corrected chi connectivity index (χ3v) is 9.88. The number of anilines is 3. The highest BCUT2D eigenvalue weighted by molar-refractivity contribution is 7.26. The van der Waals surface area contributed by atoms with Gasteiger partial charge in [0.25, 0.3) is 0 Å². The van der Waals surface area contributed by atoms with Crippen molar-refractivity contribution in [1.82, 2.24) is 0 Å². The number of hydrogen-bond acceptors (Lipinski definition) is 3. The van der Waals surface area contributed by atoms with Gasteiger partial charge in [0.05, 0.1) is 10.4 Å². The van der Waals surface area contributed by atoms with Crippen LogP contribution < -0.4 is 4.90 Å². The summed E-state index contributed by atoms with van der Waals surface area (Å²) < 4.78 is 8.76. The molecule has 0 fully saturated rings. The Bertz CT molecular complexity index is 2470. The van der Waals surface area contributed by atoms with Gasteiger partial charge in [-0.3, -0.25) is 0 Å². The van der Waals surface area contributed by atoms with Crippen molar-refractivity contribution in [3.05, 3.63) is 164 Å². The van der Waals surface area contributed by atoms with Gasteiger partial charge >= 0.3 is 0 Å². The minimum Gasteiger partial charge on any atom is -0.456 e. The Hall–Kier alpha value is -5.64. The maximum atomic E-state index is 6.19. The first kappa shape index (κ1) is 25.8. The molecule has 2 aromatic heterocycles. The Labute approximate surface area is 265 Å². The molecule has 3 heteroatoms. The molecule has 7 aromatic carbocycles. The van der Waals surface area contributed by atoms with E-state index in [1.165, 1.54) is 42.6 Å².